The van der Waals surface area contributed by atoms with Crippen molar-refractivity contribution in [1.82, 2.24) is 15.2 Å². The van der Waals surface area contributed by atoms with Crippen molar-refractivity contribution in [3.63, 3.8) is 0 Å². The van der Waals surface area contributed by atoms with Crippen molar-refractivity contribution in [2.75, 3.05) is 5.32 Å². The molecule has 6 nitrogen and oxygen atoms in total. The number of aromatic hydroxyl groups is 1. The maximum Gasteiger partial charge on any atom is 0.273 e. The van der Waals surface area contributed by atoms with Gasteiger partial charge in [0.1, 0.15) is 11.4 Å². The van der Waals surface area contributed by atoms with E-state index in [2.05, 4.69) is 20.5 Å². The number of nitrogens with zero attached hydrogens (tertiary/aromatic N) is 2. The van der Waals surface area contributed by atoms with E-state index in [1.54, 1.807) is 54.9 Å². The molecule has 1 aromatic carbocycles. The SMILES string of the molecule is O=C(Nc1cccnc1)c1cc(-c2ccccc2O)n[nH]1. The summed E-state index contributed by atoms with van der Waals surface area (Å²) in [6.45, 7) is 0. The molecule has 0 aliphatic rings. The number of hydrogen-bond donors (Lipinski definition) is 3. The van der Waals surface area contributed by atoms with Crippen LogP contribution in [0, 0.1) is 0 Å². The minimum absolute atomic E-state index is 0.114. The van der Waals surface area contributed by atoms with E-state index in [4.69, 9.17) is 0 Å². The van der Waals surface area contributed by atoms with Crippen molar-refractivity contribution >= 4 is 11.6 Å². The lowest BCUT2D eigenvalue weighted by atomic mass is 10.1. The van der Waals surface area contributed by atoms with Crippen molar-refractivity contribution in [1.29, 1.82) is 0 Å². The number of carbonyl (C=O) groups excluding carboxylic acids is 1. The molecule has 2 heterocycles. The van der Waals surface area contributed by atoms with Crippen LogP contribution in [0.5, 0.6) is 5.75 Å². The Labute approximate surface area is 120 Å². The third-order valence-electron chi connectivity index (χ3n) is 2.92. The van der Waals surface area contributed by atoms with Gasteiger partial charge in [-0.15, -0.1) is 0 Å². The Bertz CT molecular complexity index is 768. The molecule has 0 radical (unpaired) electrons. The maximum absolute atomic E-state index is 12.1. The highest BCUT2D eigenvalue weighted by Gasteiger charge is 2.13. The summed E-state index contributed by atoms with van der Waals surface area (Å²) >= 11 is 0. The molecule has 0 fully saturated rings. The molecule has 2 aromatic heterocycles. The van der Waals surface area contributed by atoms with Gasteiger partial charge in [-0.25, -0.2) is 0 Å². The maximum atomic E-state index is 12.1. The van der Waals surface area contributed by atoms with Crippen LogP contribution >= 0.6 is 0 Å². The van der Waals surface area contributed by atoms with Crippen LogP contribution < -0.4 is 5.32 Å². The molecule has 3 N–H and O–H groups in total. The second-order valence-corrected chi connectivity index (χ2v) is 4.38. The van der Waals surface area contributed by atoms with Crippen LogP contribution in [0.1, 0.15) is 10.5 Å². The third-order valence-corrected chi connectivity index (χ3v) is 2.92. The molecule has 3 rings (SSSR count). The molecule has 0 unspecified atom stereocenters. The van der Waals surface area contributed by atoms with E-state index in [-0.39, 0.29) is 11.7 Å². The van der Waals surface area contributed by atoms with Gasteiger partial charge in [0.2, 0.25) is 0 Å². The number of anilines is 1. The first-order chi connectivity index (χ1) is 10.2. The van der Waals surface area contributed by atoms with Crippen LogP contribution in [0.25, 0.3) is 11.3 Å². The first-order valence-corrected chi connectivity index (χ1v) is 6.29. The topological polar surface area (TPSA) is 90.9 Å². The summed E-state index contributed by atoms with van der Waals surface area (Å²) in [6.07, 6.45) is 3.18. The van der Waals surface area contributed by atoms with Gasteiger partial charge in [-0.1, -0.05) is 12.1 Å². The van der Waals surface area contributed by atoms with E-state index in [1.807, 2.05) is 0 Å². The fourth-order valence-corrected chi connectivity index (χ4v) is 1.90. The predicted molar refractivity (Wildman–Crippen MR) is 77.9 cm³/mol. The van der Waals surface area contributed by atoms with E-state index in [0.29, 0.717) is 22.6 Å². The molecule has 3 aromatic rings. The minimum atomic E-state index is -0.322. The second kappa shape index (κ2) is 5.46. The third kappa shape index (κ3) is 2.74. The summed E-state index contributed by atoms with van der Waals surface area (Å²) in [5.74, 6) is -0.208. The number of phenolic OH excluding ortho intramolecular Hbond substituents is 1. The van der Waals surface area contributed by atoms with Crippen molar-refractivity contribution in [2.45, 2.75) is 0 Å². The molecule has 0 saturated heterocycles. The molecular weight excluding hydrogens is 268 g/mol. The van der Waals surface area contributed by atoms with Crippen LogP contribution in [0.15, 0.2) is 54.9 Å². The molecule has 0 atom stereocenters. The Morgan fingerprint density at radius 2 is 2.05 bits per heavy atom. The monoisotopic (exact) mass is 280 g/mol. The number of para-hydroxylation sites is 1. The number of aromatic nitrogens is 3. The zero-order chi connectivity index (χ0) is 14.7. The number of H-pyrrole nitrogens is 1. The Morgan fingerprint density at radius 1 is 1.19 bits per heavy atom. The zero-order valence-corrected chi connectivity index (χ0v) is 10.9. The second-order valence-electron chi connectivity index (χ2n) is 4.38. The quantitative estimate of drug-likeness (QED) is 0.687. The highest BCUT2D eigenvalue weighted by atomic mass is 16.3. The molecule has 6 heteroatoms. The molecule has 0 spiro atoms. The lowest BCUT2D eigenvalue weighted by molar-refractivity contribution is 0.102. The molecule has 0 saturated carbocycles. The number of benzene rings is 1. The van der Waals surface area contributed by atoms with Crippen LogP contribution in [0.3, 0.4) is 0 Å². The summed E-state index contributed by atoms with van der Waals surface area (Å²) in [7, 11) is 0. The number of pyridine rings is 1. The number of carbonyl (C=O) groups is 1. The van der Waals surface area contributed by atoms with Gasteiger partial charge in [0, 0.05) is 11.8 Å². The van der Waals surface area contributed by atoms with Gasteiger partial charge in [0.15, 0.2) is 0 Å². The van der Waals surface area contributed by atoms with Gasteiger partial charge in [-0.2, -0.15) is 5.10 Å². The molecule has 0 aliphatic heterocycles. The van der Waals surface area contributed by atoms with E-state index in [0.717, 1.165) is 0 Å². The first-order valence-electron chi connectivity index (χ1n) is 6.29. The lowest BCUT2D eigenvalue weighted by Crippen LogP contribution is -2.12. The van der Waals surface area contributed by atoms with Crippen molar-refractivity contribution in [3.8, 4) is 17.0 Å². The van der Waals surface area contributed by atoms with Gasteiger partial charge >= 0.3 is 0 Å². The molecular formula is C15H12N4O2. The van der Waals surface area contributed by atoms with E-state index < -0.39 is 0 Å². The normalized spacial score (nSPS) is 10.3. The smallest absolute Gasteiger partial charge is 0.273 e. The Balaban J connectivity index is 1.82. The van der Waals surface area contributed by atoms with Crippen molar-refractivity contribution in [2.24, 2.45) is 0 Å². The fraction of sp³-hybridized carbons (Fsp3) is 0. The number of rotatable bonds is 3. The van der Waals surface area contributed by atoms with Crippen molar-refractivity contribution in [3.05, 3.63) is 60.6 Å². The van der Waals surface area contributed by atoms with Crippen LogP contribution in [0.4, 0.5) is 5.69 Å². The highest BCUT2D eigenvalue weighted by molar-refractivity contribution is 6.03. The summed E-state index contributed by atoms with van der Waals surface area (Å²) in [5.41, 5.74) is 1.97. The molecule has 104 valence electrons. The van der Waals surface area contributed by atoms with Gasteiger partial charge in [0.05, 0.1) is 17.6 Å². The van der Waals surface area contributed by atoms with Crippen molar-refractivity contribution < 1.29 is 9.90 Å². The summed E-state index contributed by atoms with van der Waals surface area (Å²) < 4.78 is 0. The standard InChI is InChI=1S/C15H12N4O2/c20-14-6-2-1-5-11(14)12-8-13(19-18-12)15(21)17-10-4-3-7-16-9-10/h1-9,20H,(H,17,21)(H,18,19). The number of aromatic amines is 1. The zero-order valence-electron chi connectivity index (χ0n) is 10.9. The predicted octanol–water partition coefficient (Wildman–Crippen LogP) is 2.43. The Kier molecular flexibility index (Phi) is 3.34. The van der Waals surface area contributed by atoms with Gasteiger partial charge in [-0.05, 0) is 30.3 Å². The van der Waals surface area contributed by atoms with Crippen LogP contribution in [-0.4, -0.2) is 26.2 Å². The highest BCUT2D eigenvalue weighted by Crippen LogP contribution is 2.27. The molecule has 21 heavy (non-hydrogen) atoms. The average Bonchev–Trinajstić information content (AvgIpc) is 2.98. The molecule has 0 bridgehead atoms. The van der Waals surface area contributed by atoms with E-state index >= 15 is 0 Å². The molecule has 0 aliphatic carbocycles. The fourth-order valence-electron chi connectivity index (χ4n) is 1.90. The molecule has 1 amide bonds. The van der Waals surface area contributed by atoms with Crippen LogP contribution in [-0.2, 0) is 0 Å². The number of amides is 1. The lowest BCUT2D eigenvalue weighted by Gasteiger charge is -2.01. The average molecular weight is 280 g/mol. The number of hydrogen-bond acceptors (Lipinski definition) is 4. The minimum Gasteiger partial charge on any atom is -0.507 e. The van der Waals surface area contributed by atoms with Gasteiger partial charge in [0.25, 0.3) is 5.91 Å². The van der Waals surface area contributed by atoms with Gasteiger partial charge < -0.3 is 10.4 Å². The summed E-state index contributed by atoms with van der Waals surface area (Å²) in [5, 5.41) is 19.2. The number of nitrogens with one attached hydrogen (secondary N) is 2. The first kappa shape index (κ1) is 12.9. The Hall–Kier alpha value is -3.15. The summed E-state index contributed by atoms with van der Waals surface area (Å²) in [6, 6.07) is 11.9. The summed E-state index contributed by atoms with van der Waals surface area (Å²) in [4.78, 5) is 16.0. The van der Waals surface area contributed by atoms with E-state index in [1.165, 1.54) is 0 Å². The number of phenols is 1. The van der Waals surface area contributed by atoms with Crippen LogP contribution in [0.2, 0.25) is 0 Å². The Morgan fingerprint density at radius 3 is 2.81 bits per heavy atom. The van der Waals surface area contributed by atoms with Gasteiger partial charge in [-0.3, -0.25) is 14.9 Å². The van der Waals surface area contributed by atoms with E-state index in [9.17, 15) is 9.90 Å². The largest absolute Gasteiger partial charge is 0.507 e.